The van der Waals surface area contributed by atoms with Gasteiger partial charge in [0.2, 0.25) is 0 Å². The quantitative estimate of drug-likeness (QED) is 0.193. The summed E-state index contributed by atoms with van der Waals surface area (Å²) in [5, 5.41) is 12.8. The van der Waals surface area contributed by atoms with Gasteiger partial charge in [0.1, 0.15) is 0 Å². The van der Waals surface area contributed by atoms with Crippen molar-refractivity contribution >= 4 is 32.9 Å². The molecule has 1 atom stereocenters. The highest BCUT2D eigenvalue weighted by molar-refractivity contribution is 6.00. The van der Waals surface area contributed by atoms with Crippen LogP contribution in [0.4, 0.5) is 11.4 Å². The number of rotatable bonds is 7. The number of nitrogens with one attached hydrogen (secondary N) is 2. The molecule has 0 spiro atoms. The van der Waals surface area contributed by atoms with Crippen molar-refractivity contribution in [3.8, 4) is 22.3 Å². The minimum atomic E-state index is -0.414. The summed E-state index contributed by atoms with van der Waals surface area (Å²) in [6.07, 6.45) is 7.66. The van der Waals surface area contributed by atoms with E-state index in [4.69, 9.17) is 0 Å². The Labute approximate surface area is 270 Å². The Kier molecular flexibility index (Phi) is 7.16. The molecular weight excluding hydrogens is 556 g/mol. The van der Waals surface area contributed by atoms with Gasteiger partial charge in [-0.1, -0.05) is 164 Å². The van der Waals surface area contributed by atoms with E-state index in [0.29, 0.717) is 0 Å². The minimum absolute atomic E-state index is 0.414. The Morgan fingerprint density at radius 1 is 0.435 bits per heavy atom. The molecule has 1 aliphatic carbocycles. The molecule has 2 nitrogen and oxygen atoms in total. The van der Waals surface area contributed by atoms with Crippen LogP contribution in [0.25, 0.3) is 43.8 Å². The van der Waals surface area contributed by atoms with Crippen LogP contribution in [0.5, 0.6) is 0 Å². The molecule has 0 aliphatic heterocycles. The van der Waals surface area contributed by atoms with Crippen LogP contribution < -0.4 is 10.6 Å². The smallest absolute Gasteiger partial charge is 0.0849 e. The SMILES string of the molecule is C1=CC(Nc2ccccc2-c2cccc3ccccc23)(c2ccccc2)CC=C1Nc1ccccc1-c1cccc2ccccc12. The molecule has 46 heavy (non-hydrogen) atoms. The van der Waals surface area contributed by atoms with Gasteiger partial charge in [0.15, 0.2) is 0 Å². The summed E-state index contributed by atoms with van der Waals surface area (Å²) in [5.74, 6) is 0. The van der Waals surface area contributed by atoms with E-state index >= 15 is 0 Å². The molecule has 220 valence electrons. The van der Waals surface area contributed by atoms with Crippen LogP contribution in [0.1, 0.15) is 12.0 Å². The first-order valence-electron chi connectivity index (χ1n) is 15.9. The van der Waals surface area contributed by atoms with E-state index in [1.54, 1.807) is 0 Å². The molecule has 0 heterocycles. The number of hydrogen-bond donors (Lipinski definition) is 2. The van der Waals surface area contributed by atoms with Crippen molar-refractivity contribution in [1.82, 2.24) is 0 Å². The highest BCUT2D eigenvalue weighted by atomic mass is 15.0. The summed E-state index contributed by atoms with van der Waals surface area (Å²) in [6, 6.07) is 58.4. The van der Waals surface area contributed by atoms with Crippen molar-refractivity contribution in [1.29, 1.82) is 0 Å². The zero-order chi connectivity index (χ0) is 30.8. The number of benzene rings is 7. The molecule has 7 aromatic rings. The third-order valence-corrected chi connectivity index (χ3v) is 9.13. The fourth-order valence-electron chi connectivity index (χ4n) is 6.82. The fraction of sp³-hybridized carbons (Fsp3) is 0.0455. The second-order valence-electron chi connectivity index (χ2n) is 11.9. The predicted molar refractivity (Wildman–Crippen MR) is 196 cm³/mol. The lowest BCUT2D eigenvalue weighted by Gasteiger charge is -2.36. The molecule has 2 N–H and O–H groups in total. The van der Waals surface area contributed by atoms with Crippen molar-refractivity contribution in [2.24, 2.45) is 0 Å². The zero-order valence-corrected chi connectivity index (χ0v) is 25.5. The first-order chi connectivity index (χ1) is 22.8. The molecule has 1 unspecified atom stereocenters. The third kappa shape index (κ3) is 5.14. The Hall–Kier alpha value is -5.86. The van der Waals surface area contributed by atoms with E-state index in [9.17, 15) is 0 Å². The van der Waals surface area contributed by atoms with Crippen molar-refractivity contribution in [2.45, 2.75) is 12.0 Å². The summed E-state index contributed by atoms with van der Waals surface area (Å²) in [4.78, 5) is 0. The summed E-state index contributed by atoms with van der Waals surface area (Å²) in [6.45, 7) is 0. The summed E-state index contributed by atoms with van der Waals surface area (Å²) >= 11 is 0. The highest BCUT2D eigenvalue weighted by Crippen LogP contribution is 2.41. The number of allylic oxidation sites excluding steroid dienone is 1. The molecule has 0 bridgehead atoms. The van der Waals surface area contributed by atoms with Crippen LogP contribution in [-0.2, 0) is 5.54 Å². The second kappa shape index (κ2) is 11.9. The van der Waals surface area contributed by atoms with E-state index in [1.807, 2.05) is 0 Å². The second-order valence-corrected chi connectivity index (χ2v) is 11.9. The van der Waals surface area contributed by atoms with Gasteiger partial charge in [-0.15, -0.1) is 0 Å². The van der Waals surface area contributed by atoms with Gasteiger partial charge in [0.05, 0.1) is 5.54 Å². The van der Waals surface area contributed by atoms with Crippen LogP contribution in [0.2, 0.25) is 0 Å². The molecule has 2 heteroatoms. The summed E-state index contributed by atoms with van der Waals surface area (Å²) < 4.78 is 0. The highest BCUT2D eigenvalue weighted by Gasteiger charge is 2.31. The van der Waals surface area contributed by atoms with Crippen molar-refractivity contribution in [3.63, 3.8) is 0 Å². The molecule has 7 aromatic carbocycles. The Morgan fingerprint density at radius 3 is 1.57 bits per heavy atom. The molecule has 0 aromatic heterocycles. The minimum Gasteiger partial charge on any atom is -0.371 e. The van der Waals surface area contributed by atoms with Crippen molar-refractivity contribution < 1.29 is 0 Å². The van der Waals surface area contributed by atoms with Crippen LogP contribution in [-0.4, -0.2) is 0 Å². The monoisotopic (exact) mass is 590 g/mol. The van der Waals surface area contributed by atoms with Crippen LogP contribution >= 0.6 is 0 Å². The van der Waals surface area contributed by atoms with Gasteiger partial charge in [-0.2, -0.15) is 0 Å². The topological polar surface area (TPSA) is 24.1 Å². The number of para-hydroxylation sites is 2. The standard InChI is InChI=1S/C44H34N2/c1-2-18-34(19-3-1)44(46-43-27-11-9-23-41(43)39-25-13-17-33-15-5-7-21-37(33)39)30-28-35(29-31-44)45-42-26-10-8-22-40(42)38-24-12-16-32-14-4-6-20-36(32)38/h1-30,45-46H,31H2. The summed E-state index contributed by atoms with van der Waals surface area (Å²) in [7, 11) is 0. The average molecular weight is 591 g/mol. The summed E-state index contributed by atoms with van der Waals surface area (Å²) in [5.41, 5.74) is 8.94. The maximum absolute atomic E-state index is 4.03. The number of anilines is 2. The van der Waals surface area contributed by atoms with Gasteiger partial charge in [0, 0.05) is 28.2 Å². The van der Waals surface area contributed by atoms with Crippen LogP contribution in [0.15, 0.2) is 188 Å². The third-order valence-electron chi connectivity index (χ3n) is 9.13. The number of hydrogen-bond acceptors (Lipinski definition) is 2. The molecule has 0 saturated heterocycles. The largest absolute Gasteiger partial charge is 0.371 e. The normalized spacial score (nSPS) is 15.9. The molecule has 0 fully saturated rings. The lowest BCUT2D eigenvalue weighted by atomic mass is 9.82. The molecule has 8 rings (SSSR count). The zero-order valence-electron chi connectivity index (χ0n) is 25.5. The average Bonchev–Trinajstić information content (AvgIpc) is 3.13. The molecule has 0 amide bonds. The number of fused-ring (bicyclic) bond motifs is 2. The van der Waals surface area contributed by atoms with Crippen LogP contribution in [0.3, 0.4) is 0 Å². The van der Waals surface area contributed by atoms with Gasteiger partial charge >= 0.3 is 0 Å². The van der Waals surface area contributed by atoms with Crippen molar-refractivity contribution in [3.05, 3.63) is 193 Å². The van der Waals surface area contributed by atoms with Gasteiger partial charge in [-0.3, -0.25) is 0 Å². The van der Waals surface area contributed by atoms with Crippen molar-refractivity contribution in [2.75, 3.05) is 10.6 Å². The first-order valence-corrected chi connectivity index (χ1v) is 15.9. The van der Waals surface area contributed by atoms with Gasteiger partial charge < -0.3 is 10.6 Å². The van der Waals surface area contributed by atoms with Gasteiger partial charge in [0.25, 0.3) is 0 Å². The first kappa shape index (κ1) is 27.7. The van der Waals surface area contributed by atoms with Crippen LogP contribution in [0, 0.1) is 0 Å². The molecule has 1 aliphatic rings. The Morgan fingerprint density at radius 2 is 0.935 bits per heavy atom. The Bertz CT molecular complexity index is 2230. The van der Waals surface area contributed by atoms with E-state index in [-0.39, 0.29) is 0 Å². The van der Waals surface area contributed by atoms with Gasteiger partial charge in [-0.05, 0) is 62.9 Å². The van der Waals surface area contributed by atoms with Gasteiger partial charge in [-0.25, -0.2) is 0 Å². The Balaban J connectivity index is 1.15. The lowest BCUT2D eigenvalue weighted by Crippen LogP contribution is -2.34. The molecule has 0 saturated carbocycles. The molecule has 0 radical (unpaired) electrons. The lowest BCUT2D eigenvalue weighted by molar-refractivity contribution is 0.615. The van der Waals surface area contributed by atoms with E-state index in [0.717, 1.165) is 23.5 Å². The fourth-order valence-corrected chi connectivity index (χ4v) is 6.82. The van der Waals surface area contributed by atoms with E-state index in [1.165, 1.54) is 49.4 Å². The van der Waals surface area contributed by atoms with E-state index in [2.05, 4.69) is 193 Å². The predicted octanol–water partition coefficient (Wildman–Crippen LogP) is 11.6. The van der Waals surface area contributed by atoms with E-state index < -0.39 is 5.54 Å². The maximum atomic E-state index is 4.03. The molecular formula is C44H34N2. The maximum Gasteiger partial charge on any atom is 0.0849 e.